The Morgan fingerprint density at radius 3 is 2.71 bits per heavy atom. The van der Waals surface area contributed by atoms with Crippen LogP contribution in [0.4, 0.5) is 5.69 Å². The second-order valence-electron chi connectivity index (χ2n) is 6.16. The molecule has 0 aromatic carbocycles. The number of hydrogen-bond donors (Lipinski definition) is 1. The minimum Gasteiger partial charge on any atom is -0.337 e. The Hall–Kier alpha value is -1.89. The summed E-state index contributed by atoms with van der Waals surface area (Å²) in [4.78, 5) is 25.0. The molecule has 2 N–H and O–H groups in total. The van der Waals surface area contributed by atoms with Gasteiger partial charge >= 0.3 is 0 Å². The molecule has 114 valence electrons. The minimum absolute atomic E-state index is 0.00740. The number of hydrogen-bond acceptors (Lipinski definition) is 4. The third kappa shape index (κ3) is 2.65. The Bertz CT molecular complexity index is 579. The van der Waals surface area contributed by atoms with E-state index in [9.17, 15) is 14.9 Å². The summed E-state index contributed by atoms with van der Waals surface area (Å²) >= 11 is 0. The highest BCUT2D eigenvalue weighted by molar-refractivity contribution is 5.93. The van der Waals surface area contributed by atoms with Gasteiger partial charge in [-0.2, -0.15) is 0 Å². The zero-order chi connectivity index (χ0) is 15.1. The second kappa shape index (κ2) is 5.14. The van der Waals surface area contributed by atoms with Crippen LogP contribution in [0.5, 0.6) is 0 Å². The molecule has 1 saturated carbocycles. The standard InChI is InChI=1S/C14H20N4O3/c1-9-7-16(5-4-12(9)15)14(19)13-6-11(18(20)21)8-17(13)10-2-3-10/h6,8-10,12H,2-5,7,15H2,1H3. The minimum atomic E-state index is -0.440. The molecule has 0 radical (unpaired) electrons. The van der Waals surface area contributed by atoms with Crippen molar-refractivity contribution in [3.8, 4) is 0 Å². The van der Waals surface area contributed by atoms with E-state index >= 15 is 0 Å². The summed E-state index contributed by atoms with van der Waals surface area (Å²) < 4.78 is 1.78. The summed E-state index contributed by atoms with van der Waals surface area (Å²) in [5.74, 6) is 0.135. The van der Waals surface area contributed by atoms with Crippen molar-refractivity contribution < 1.29 is 9.72 Å². The van der Waals surface area contributed by atoms with Crippen molar-refractivity contribution in [2.45, 2.75) is 38.3 Å². The number of nitrogens with zero attached hydrogens (tertiary/aromatic N) is 3. The third-order valence-electron chi connectivity index (χ3n) is 4.46. The first-order valence-electron chi connectivity index (χ1n) is 7.38. The van der Waals surface area contributed by atoms with Gasteiger partial charge in [0.2, 0.25) is 0 Å². The maximum atomic E-state index is 12.7. The van der Waals surface area contributed by atoms with E-state index in [4.69, 9.17) is 5.73 Å². The van der Waals surface area contributed by atoms with Crippen molar-refractivity contribution >= 4 is 11.6 Å². The number of nitrogens with two attached hydrogens (primary N) is 1. The lowest BCUT2D eigenvalue weighted by molar-refractivity contribution is -0.384. The predicted octanol–water partition coefficient (Wildman–Crippen LogP) is 1.54. The zero-order valence-corrected chi connectivity index (χ0v) is 12.1. The van der Waals surface area contributed by atoms with Gasteiger partial charge in [0.15, 0.2) is 0 Å². The van der Waals surface area contributed by atoms with Crippen LogP contribution in [-0.2, 0) is 0 Å². The molecule has 0 bridgehead atoms. The van der Waals surface area contributed by atoms with Crippen LogP contribution in [0.25, 0.3) is 0 Å². The van der Waals surface area contributed by atoms with Gasteiger partial charge in [-0.05, 0) is 25.2 Å². The molecule has 21 heavy (non-hydrogen) atoms. The molecule has 1 amide bonds. The average molecular weight is 292 g/mol. The van der Waals surface area contributed by atoms with Crippen LogP contribution >= 0.6 is 0 Å². The van der Waals surface area contributed by atoms with Crippen LogP contribution in [0.15, 0.2) is 12.3 Å². The number of rotatable bonds is 3. The molecular weight excluding hydrogens is 272 g/mol. The van der Waals surface area contributed by atoms with Crippen LogP contribution in [0, 0.1) is 16.0 Å². The second-order valence-corrected chi connectivity index (χ2v) is 6.16. The molecule has 2 fully saturated rings. The van der Waals surface area contributed by atoms with Crippen molar-refractivity contribution in [1.82, 2.24) is 9.47 Å². The van der Waals surface area contributed by atoms with E-state index in [0.29, 0.717) is 18.8 Å². The van der Waals surface area contributed by atoms with Gasteiger partial charge in [0, 0.05) is 31.2 Å². The Balaban J connectivity index is 1.85. The highest BCUT2D eigenvalue weighted by atomic mass is 16.6. The molecule has 1 aromatic heterocycles. The molecule has 2 aliphatic rings. The first kappa shape index (κ1) is 14.1. The first-order chi connectivity index (χ1) is 9.97. The number of carbonyl (C=O) groups is 1. The van der Waals surface area contributed by atoms with Gasteiger partial charge in [-0.15, -0.1) is 0 Å². The molecule has 1 saturated heterocycles. The van der Waals surface area contributed by atoms with E-state index in [1.807, 2.05) is 6.92 Å². The Morgan fingerprint density at radius 2 is 2.14 bits per heavy atom. The molecule has 7 heteroatoms. The summed E-state index contributed by atoms with van der Waals surface area (Å²) in [6, 6.07) is 1.76. The molecule has 7 nitrogen and oxygen atoms in total. The fourth-order valence-electron chi connectivity index (χ4n) is 2.90. The van der Waals surface area contributed by atoms with Crippen LogP contribution < -0.4 is 5.73 Å². The summed E-state index contributed by atoms with van der Waals surface area (Å²) in [6.45, 7) is 3.27. The maximum Gasteiger partial charge on any atom is 0.287 e. The first-order valence-corrected chi connectivity index (χ1v) is 7.38. The van der Waals surface area contributed by atoms with Crippen molar-refractivity contribution in [3.05, 3.63) is 28.1 Å². The normalized spacial score (nSPS) is 25.9. The number of piperidine rings is 1. The largest absolute Gasteiger partial charge is 0.337 e. The Morgan fingerprint density at radius 1 is 1.43 bits per heavy atom. The molecule has 1 aliphatic heterocycles. The van der Waals surface area contributed by atoms with Crippen LogP contribution in [0.1, 0.15) is 42.7 Å². The molecule has 0 spiro atoms. The van der Waals surface area contributed by atoms with E-state index in [-0.39, 0.29) is 29.6 Å². The summed E-state index contributed by atoms with van der Waals surface area (Å²) in [5, 5.41) is 11.0. The lowest BCUT2D eigenvalue weighted by atomic mass is 9.94. The number of likely N-dealkylation sites (tertiary alicyclic amines) is 1. The van der Waals surface area contributed by atoms with E-state index in [0.717, 1.165) is 19.3 Å². The Labute approximate surface area is 122 Å². The van der Waals surface area contributed by atoms with Gasteiger partial charge in [0.05, 0.1) is 11.1 Å². The van der Waals surface area contributed by atoms with Crippen molar-refractivity contribution in [3.63, 3.8) is 0 Å². The molecule has 2 heterocycles. The van der Waals surface area contributed by atoms with Crippen LogP contribution in [0.3, 0.4) is 0 Å². The molecule has 3 rings (SSSR count). The third-order valence-corrected chi connectivity index (χ3v) is 4.46. The molecule has 1 aliphatic carbocycles. The summed E-state index contributed by atoms with van der Waals surface area (Å²) in [7, 11) is 0. The number of aromatic nitrogens is 1. The van der Waals surface area contributed by atoms with Gasteiger partial charge in [0.25, 0.3) is 11.6 Å². The summed E-state index contributed by atoms with van der Waals surface area (Å²) in [6.07, 6.45) is 4.23. The molecule has 2 unspecified atom stereocenters. The van der Waals surface area contributed by atoms with Gasteiger partial charge in [-0.25, -0.2) is 0 Å². The Kier molecular flexibility index (Phi) is 3.44. The van der Waals surface area contributed by atoms with Crippen LogP contribution in [-0.4, -0.2) is 39.4 Å². The molecule has 2 atom stereocenters. The fraction of sp³-hybridized carbons (Fsp3) is 0.643. The van der Waals surface area contributed by atoms with E-state index in [1.165, 1.54) is 12.3 Å². The van der Waals surface area contributed by atoms with Crippen molar-refractivity contribution in [2.75, 3.05) is 13.1 Å². The van der Waals surface area contributed by atoms with Crippen LogP contribution in [0.2, 0.25) is 0 Å². The monoisotopic (exact) mass is 292 g/mol. The predicted molar refractivity (Wildman–Crippen MR) is 77.0 cm³/mol. The SMILES string of the molecule is CC1CN(C(=O)c2cc([N+](=O)[O-])cn2C2CC2)CCC1N. The van der Waals surface area contributed by atoms with Gasteiger partial charge in [-0.1, -0.05) is 6.92 Å². The number of carbonyl (C=O) groups excluding carboxylic acids is 1. The van der Waals surface area contributed by atoms with E-state index in [2.05, 4.69) is 0 Å². The van der Waals surface area contributed by atoms with Gasteiger partial charge in [-0.3, -0.25) is 14.9 Å². The van der Waals surface area contributed by atoms with Gasteiger partial charge in [0.1, 0.15) is 5.69 Å². The highest BCUT2D eigenvalue weighted by Gasteiger charge is 2.34. The molecule has 1 aromatic rings. The number of nitro groups is 1. The number of amides is 1. The lowest BCUT2D eigenvalue weighted by Gasteiger charge is -2.35. The quantitative estimate of drug-likeness (QED) is 0.675. The average Bonchev–Trinajstić information content (AvgIpc) is 3.19. The highest BCUT2D eigenvalue weighted by Crippen LogP contribution is 2.38. The lowest BCUT2D eigenvalue weighted by Crippen LogP contribution is -2.48. The summed E-state index contributed by atoms with van der Waals surface area (Å²) in [5.41, 5.74) is 6.41. The van der Waals surface area contributed by atoms with Crippen molar-refractivity contribution in [2.24, 2.45) is 11.7 Å². The smallest absolute Gasteiger partial charge is 0.287 e. The molecular formula is C14H20N4O3. The fourth-order valence-corrected chi connectivity index (χ4v) is 2.90. The van der Waals surface area contributed by atoms with E-state index in [1.54, 1.807) is 9.47 Å². The zero-order valence-electron chi connectivity index (χ0n) is 12.1. The van der Waals surface area contributed by atoms with E-state index < -0.39 is 4.92 Å². The maximum absolute atomic E-state index is 12.7. The van der Waals surface area contributed by atoms with Crippen molar-refractivity contribution in [1.29, 1.82) is 0 Å². The topological polar surface area (TPSA) is 94.4 Å². The van der Waals surface area contributed by atoms with Gasteiger partial charge < -0.3 is 15.2 Å².